The summed E-state index contributed by atoms with van der Waals surface area (Å²) < 4.78 is -0.00867. The topological polar surface area (TPSA) is 154 Å². The number of carboxylic acid groups (broad SMARTS) is 1. The van der Waals surface area contributed by atoms with Crippen LogP contribution >= 0.6 is 24.0 Å². The number of hydrogen-bond donors (Lipinski definition) is 2. The van der Waals surface area contributed by atoms with Crippen LogP contribution in [-0.4, -0.2) is 55.0 Å². The third-order valence-electron chi connectivity index (χ3n) is 4.73. The van der Waals surface area contributed by atoms with Crippen molar-refractivity contribution in [1.29, 1.82) is 0 Å². The summed E-state index contributed by atoms with van der Waals surface area (Å²) in [6.45, 7) is -0.580. The van der Waals surface area contributed by atoms with Gasteiger partial charge in [0.1, 0.15) is 12.3 Å². The zero-order chi connectivity index (χ0) is 23.9. The van der Waals surface area contributed by atoms with Gasteiger partial charge in [-0.15, -0.1) is 0 Å². The van der Waals surface area contributed by atoms with Crippen molar-refractivity contribution in [3.63, 3.8) is 0 Å². The zero-order valence-electron chi connectivity index (χ0n) is 16.4. The summed E-state index contributed by atoms with van der Waals surface area (Å²) in [7, 11) is 0. The first-order valence-electron chi connectivity index (χ1n) is 9.14. The molecule has 2 aromatic rings. The number of benzene rings is 2. The van der Waals surface area contributed by atoms with Crippen molar-refractivity contribution in [1.82, 2.24) is 5.01 Å². The van der Waals surface area contributed by atoms with Crippen LogP contribution in [0.5, 0.6) is 5.75 Å². The van der Waals surface area contributed by atoms with Crippen LogP contribution < -0.4 is 4.90 Å². The highest BCUT2D eigenvalue weighted by Gasteiger charge is 2.42. The predicted molar refractivity (Wildman–Crippen MR) is 123 cm³/mol. The third kappa shape index (κ3) is 3.94. The molecule has 0 radical (unpaired) electrons. The molecule has 2 amide bonds. The Bertz CT molecular complexity index is 1320. The maximum Gasteiger partial charge on any atom is 0.323 e. The van der Waals surface area contributed by atoms with Gasteiger partial charge in [-0.3, -0.25) is 29.4 Å². The van der Waals surface area contributed by atoms with E-state index < -0.39 is 29.3 Å². The summed E-state index contributed by atoms with van der Waals surface area (Å²) >= 11 is 6.04. The average Bonchev–Trinajstić information content (AvgIpc) is 3.19. The molecule has 2 aliphatic heterocycles. The number of phenols is 1. The smallest absolute Gasteiger partial charge is 0.323 e. The van der Waals surface area contributed by atoms with Gasteiger partial charge in [-0.2, -0.15) is 10.1 Å². The van der Waals surface area contributed by atoms with Gasteiger partial charge >= 0.3 is 5.97 Å². The summed E-state index contributed by atoms with van der Waals surface area (Å²) in [5.41, 5.74) is 0.467. The van der Waals surface area contributed by atoms with E-state index in [-0.39, 0.29) is 31.8 Å². The highest BCUT2D eigenvalue weighted by molar-refractivity contribution is 8.26. The summed E-state index contributed by atoms with van der Waals surface area (Å²) in [5.74, 6) is -2.88. The van der Waals surface area contributed by atoms with E-state index in [9.17, 15) is 29.6 Å². The molecule has 33 heavy (non-hydrogen) atoms. The Morgan fingerprint density at radius 1 is 1.21 bits per heavy atom. The van der Waals surface area contributed by atoms with Gasteiger partial charge in [0.25, 0.3) is 17.5 Å². The molecule has 13 heteroatoms. The number of anilines is 1. The number of carboxylic acids is 1. The van der Waals surface area contributed by atoms with E-state index in [1.165, 1.54) is 0 Å². The minimum Gasteiger partial charge on any atom is -0.507 e. The Kier molecular flexibility index (Phi) is 5.66. The molecule has 2 heterocycles. The van der Waals surface area contributed by atoms with Gasteiger partial charge in [0.05, 0.1) is 27.3 Å². The average molecular weight is 484 g/mol. The van der Waals surface area contributed by atoms with E-state index >= 15 is 0 Å². The first-order chi connectivity index (χ1) is 15.7. The number of nitrogens with zero attached hydrogens (tertiary/aromatic N) is 4. The summed E-state index contributed by atoms with van der Waals surface area (Å²) in [6.07, 6.45) is 1.04. The lowest BCUT2D eigenvalue weighted by Gasteiger charge is -2.13. The molecule has 4 rings (SSSR count). The highest BCUT2D eigenvalue weighted by atomic mass is 32.2. The van der Waals surface area contributed by atoms with Gasteiger partial charge in [0.15, 0.2) is 4.32 Å². The molecule has 11 nitrogen and oxygen atoms in total. The predicted octanol–water partition coefficient (Wildman–Crippen LogP) is 2.34. The highest BCUT2D eigenvalue weighted by Crippen LogP contribution is 2.44. The quantitative estimate of drug-likeness (QED) is 0.214. The number of aromatic hydroxyl groups is 1. The van der Waals surface area contributed by atoms with Crippen LogP contribution in [0.3, 0.4) is 0 Å². The molecule has 0 atom stereocenters. The Morgan fingerprint density at radius 2 is 1.94 bits per heavy atom. The number of hydrazone groups is 1. The normalized spacial score (nSPS) is 17.9. The zero-order valence-corrected chi connectivity index (χ0v) is 18.0. The van der Waals surface area contributed by atoms with Gasteiger partial charge in [0.2, 0.25) is 0 Å². The molecule has 0 bridgehead atoms. The van der Waals surface area contributed by atoms with E-state index in [1.54, 1.807) is 24.3 Å². The van der Waals surface area contributed by atoms with Crippen LogP contribution in [0.1, 0.15) is 11.1 Å². The first kappa shape index (κ1) is 22.1. The lowest BCUT2D eigenvalue weighted by atomic mass is 10.1. The lowest BCUT2D eigenvalue weighted by Crippen LogP contribution is -2.32. The van der Waals surface area contributed by atoms with Gasteiger partial charge in [-0.05, 0) is 24.4 Å². The Morgan fingerprint density at radius 3 is 2.64 bits per heavy atom. The molecule has 1 saturated heterocycles. The van der Waals surface area contributed by atoms with Gasteiger partial charge < -0.3 is 10.2 Å². The number of fused-ring (bicyclic) bond motifs is 1. The number of hydrogen-bond acceptors (Lipinski definition) is 9. The second kappa shape index (κ2) is 8.44. The number of phenolic OH excluding ortho intramolecular Hbond substituents is 1. The monoisotopic (exact) mass is 484 g/mol. The molecule has 0 aliphatic carbocycles. The van der Waals surface area contributed by atoms with Crippen LogP contribution in [0, 0.1) is 10.1 Å². The van der Waals surface area contributed by atoms with Crippen molar-refractivity contribution >= 4 is 69.2 Å². The Hall–Kier alpha value is -4.10. The number of nitro groups is 1. The molecule has 2 aliphatic rings. The minimum atomic E-state index is -1.21. The molecule has 1 fully saturated rings. The largest absolute Gasteiger partial charge is 0.507 e. The molecule has 0 unspecified atom stereocenters. The van der Waals surface area contributed by atoms with Crippen LogP contribution in [-0.2, 0) is 14.4 Å². The van der Waals surface area contributed by atoms with E-state index in [2.05, 4.69) is 5.10 Å². The molecule has 0 aromatic heterocycles. The molecular weight excluding hydrogens is 472 g/mol. The van der Waals surface area contributed by atoms with Crippen molar-refractivity contribution in [2.24, 2.45) is 5.10 Å². The van der Waals surface area contributed by atoms with Gasteiger partial charge in [-0.1, -0.05) is 30.0 Å². The molecule has 2 aromatic carbocycles. The second-order valence-corrected chi connectivity index (χ2v) is 8.38. The number of aliphatic carboxylic acids is 1. The number of carbonyl (C=O) groups excluding carboxylic acids is 2. The van der Waals surface area contributed by atoms with Crippen molar-refractivity contribution < 1.29 is 29.5 Å². The molecule has 166 valence electrons. The second-order valence-electron chi connectivity index (χ2n) is 6.74. The van der Waals surface area contributed by atoms with Crippen molar-refractivity contribution in [3.05, 3.63) is 68.6 Å². The number of carbonyl (C=O) groups is 3. The number of para-hydroxylation sites is 1. The fourth-order valence-corrected chi connectivity index (χ4v) is 4.53. The minimum absolute atomic E-state index is 0.00867. The fourth-order valence-electron chi connectivity index (χ4n) is 3.28. The number of thiocarbonyl (C=S) groups is 1. The third-order valence-corrected chi connectivity index (χ3v) is 6.08. The lowest BCUT2D eigenvalue weighted by molar-refractivity contribution is -0.384. The number of amides is 2. The van der Waals surface area contributed by atoms with Crippen molar-refractivity contribution in [2.75, 3.05) is 11.4 Å². The van der Waals surface area contributed by atoms with Gasteiger partial charge in [-0.25, -0.2) is 0 Å². The number of non-ortho nitro benzene ring substituents is 1. The summed E-state index contributed by atoms with van der Waals surface area (Å²) in [4.78, 5) is 48.6. The van der Waals surface area contributed by atoms with E-state index in [0.717, 1.165) is 46.1 Å². The molecule has 2 N–H and O–H groups in total. The van der Waals surface area contributed by atoms with Crippen LogP contribution in [0.15, 0.2) is 52.5 Å². The first-order valence-corrected chi connectivity index (χ1v) is 10.4. The molecular formula is C20H12N4O7S2. The van der Waals surface area contributed by atoms with Crippen LogP contribution in [0.2, 0.25) is 0 Å². The summed E-state index contributed by atoms with van der Waals surface area (Å²) in [5, 5.41) is 34.8. The maximum absolute atomic E-state index is 13.1. The van der Waals surface area contributed by atoms with Crippen molar-refractivity contribution in [3.8, 4) is 5.75 Å². The standard InChI is InChI=1S/C20H12N4O7S2/c25-14-6-5-11(24(30)31)7-10(14)8-21-23-19(29)17(33-20(23)32)16-12-3-1-2-4-13(12)22(18(16)28)9-15(26)27/h1-8,25H,9H2,(H,26,27)/b17-16?,21-8+. The van der Waals surface area contributed by atoms with Crippen LogP contribution in [0.25, 0.3) is 5.57 Å². The molecule has 0 spiro atoms. The maximum atomic E-state index is 13.1. The molecule has 0 saturated carbocycles. The van der Waals surface area contributed by atoms with Crippen LogP contribution in [0.4, 0.5) is 11.4 Å². The Balaban J connectivity index is 1.71. The van der Waals surface area contributed by atoms with E-state index in [1.807, 2.05) is 0 Å². The number of rotatable bonds is 5. The van der Waals surface area contributed by atoms with E-state index in [4.69, 9.17) is 17.3 Å². The van der Waals surface area contributed by atoms with Crippen molar-refractivity contribution in [2.45, 2.75) is 0 Å². The number of nitro benzene ring substituents is 1. The van der Waals surface area contributed by atoms with E-state index in [0.29, 0.717) is 11.3 Å². The summed E-state index contributed by atoms with van der Waals surface area (Å²) in [6, 6.07) is 9.79. The SMILES string of the molecule is O=C(O)CN1C(=O)C(=C2SC(=S)N(/N=C/c3cc([N+](=O)[O-])ccc3O)C2=O)c2ccccc21. The van der Waals surface area contributed by atoms with Gasteiger partial charge in [0, 0.05) is 23.3 Å². The fraction of sp³-hybridized carbons (Fsp3) is 0.0500. The Labute approximate surface area is 194 Å². The number of thioether (sulfide) groups is 1.